The summed E-state index contributed by atoms with van der Waals surface area (Å²) in [4.78, 5) is 55.4. The lowest BCUT2D eigenvalue weighted by molar-refractivity contribution is 0.0648. The number of hydrogen-bond acceptors (Lipinski definition) is 4. The highest BCUT2D eigenvalue weighted by Gasteiger charge is 2.34. The third kappa shape index (κ3) is 4.24. The summed E-state index contributed by atoms with van der Waals surface area (Å²) in [7, 11) is 0. The van der Waals surface area contributed by atoms with Gasteiger partial charge in [-0.2, -0.15) is 0 Å². The van der Waals surface area contributed by atoms with E-state index in [1.807, 2.05) is 45.0 Å². The van der Waals surface area contributed by atoms with Crippen LogP contribution in [0.1, 0.15) is 75.4 Å². The van der Waals surface area contributed by atoms with Crippen molar-refractivity contribution < 1.29 is 14.4 Å². The van der Waals surface area contributed by atoms with Crippen LogP contribution in [0.2, 0.25) is 0 Å². The first kappa shape index (κ1) is 21.2. The predicted molar refractivity (Wildman–Crippen MR) is 118 cm³/mol. The first-order valence-electron chi connectivity index (χ1n) is 10.8. The van der Waals surface area contributed by atoms with Crippen LogP contribution in [-0.2, 0) is 6.42 Å². The number of ketones is 2. The zero-order chi connectivity index (χ0) is 22.3. The van der Waals surface area contributed by atoms with Crippen molar-refractivity contribution in [3.05, 3.63) is 68.6 Å². The lowest BCUT2D eigenvalue weighted by Crippen LogP contribution is -2.42. The fraction of sp³-hybridized carbons (Fsp3) is 0.440. The van der Waals surface area contributed by atoms with Crippen LogP contribution in [0.3, 0.4) is 0 Å². The fourth-order valence-corrected chi connectivity index (χ4v) is 4.66. The number of carbonyl (C=O) groups excluding carboxylic acids is 3. The van der Waals surface area contributed by atoms with Crippen molar-refractivity contribution in [1.82, 2.24) is 9.88 Å². The summed E-state index contributed by atoms with van der Waals surface area (Å²) >= 11 is 0. The molecule has 162 valence electrons. The van der Waals surface area contributed by atoms with E-state index in [-0.39, 0.29) is 34.4 Å². The maximum absolute atomic E-state index is 13.0. The number of nitrogens with one attached hydrogen (secondary N) is 1. The quantitative estimate of drug-likeness (QED) is 0.769. The molecule has 1 N–H and O–H groups in total. The fourth-order valence-electron chi connectivity index (χ4n) is 4.66. The summed E-state index contributed by atoms with van der Waals surface area (Å²) in [5.41, 5.74) is 2.22. The van der Waals surface area contributed by atoms with Crippen molar-refractivity contribution in [2.45, 2.75) is 46.5 Å². The molecular weight excluding hydrogens is 392 g/mol. The highest BCUT2D eigenvalue weighted by atomic mass is 16.2. The zero-order valence-corrected chi connectivity index (χ0v) is 18.3. The highest BCUT2D eigenvalue weighted by molar-refractivity contribution is 6.02. The molecule has 2 heterocycles. The van der Waals surface area contributed by atoms with Crippen molar-refractivity contribution in [2.75, 3.05) is 13.1 Å². The summed E-state index contributed by atoms with van der Waals surface area (Å²) < 4.78 is 0. The van der Waals surface area contributed by atoms with Crippen LogP contribution in [0, 0.1) is 18.3 Å². The number of hydrogen-bond donors (Lipinski definition) is 1. The molecule has 1 aliphatic heterocycles. The minimum Gasteiger partial charge on any atom is -0.338 e. The Bertz CT molecular complexity index is 1100. The maximum Gasteiger partial charge on any atom is 0.261 e. The largest absolute Gasteiger partial charge is 0.338 e. The number of benzene rings is 1. The third-order valence-corrected chi connectivity index (χ3v) is 6.44. The minimum atomic E-state index is -0.452. The molecule has 1 aromatic heterocycles. The minimum absolute atomic E-state index is 0.00937. The molecule has 1 aromatic carbocycles. The van der Waals surface area contributed by atoms with Crippen molar-refractivity contribution in [3.63, 3.8) is 0 Å². The molecular formula is C25H28N2O4. The molecule has 1 aliphatic carbocycles. The molecule has 0 atom stereocenters. The third-order valence-electron chi connectivity index (χ3n) is 6.44. The molecule has 2 aromatic rings. The molecule has 31 heavy (non-hydrogen) atoms. The van der Waals surface area contributed by atoms with Crippen LogP contribution in [0.4, 0.5) is 0 Å². The Morgan fingerprint density at radius 3 is 2.32 bits per heavy atom. The maximum atomic E-state index is 13.0. The topological polar surface area (TPSA) is 87.3 Å². The standard InChI is InChI=1S/C25H28N2O4/c1-15-4-6-16(7-5-15)22(29)17-8-10-27(11-9-17)24(31)19-12-18-20(26-23(19)30)13-25(2,3)14-21(18)28/h4-7,12,17H,8-11,13-14H2,1-3H3,(H,26,30). The molecule has 0 bridgehead atoms. The van der Waals surface area contributed by atoms with Gasteiger partial charge >= 0.3 is 0 Å². The van der Waals surface area contributed by atoms with E-state index in [9.17, 15) is 19.2 Å². The Morgan fingerprint density at radius 1 is 1.03 bits per heavy atom. The molecule has 1 saturated heterocycles. The first-order chi connectivity index (χ1) is 14.6. The Balaban J connectivity index is 1.47. The zero-order valence-electron chi connectivity index (χ0n) is 18.3. The molecule has 1 fully saturated rings. The lowest BCUT2D eigenvalue weighted by Gasteiger charge is -2.32. The number of pyridine rings is 1. The monoisotopic (exact) mass is 420 g/mol. The van der Waals surface area contributed by atoms with Crippen molar-refractivity contribution in [1.29, 1.82) is 0 Å². The molecule has 0 radical (unpaired) electrons. The van der Waals surface area contributed by atoms with Crippen LogP contribution >= 0.6 is 0 Å². The number of rotatable bonds is 3. The van der Waals surface area contributed by atoms with Gasteiger partial charge in [0.25, 0.3) is 11.5 Å². The number of fused-ring (bicyclic) bond motifs is 1. The molecule has 0 unspecified atom stereocenters. The Labute approximate surface area is 181 Å². The van der Waals surface area contributed by atoms with Gasteiger partial charge in [0.15, 0.2) is 11.6 Å². The highest BCUT2D eigenvalue weighted by Crippen LogP contribution is 2.33. The molecule has 6 heteroatoms. The van der Waals surface area contributed by atoms with Crippen LogP contribution in [0.25, 0.3) is 0 Å². The number of nitrogens with zero attached hydrogens (tertiary/aromatic N) is 1. The van der Waals surface area contributed by atoms with Gasteiger partial charge in [0.05, 0.1) is 0 Å². The number of aryl methyl sites for hydroxylation is 1. The van der Waals surface area contributed by atoms with Gasteiger partial charge in [-0.25, -0.2) is 0 Å². The Kier molecular flexibility index (Phi) is 5.42. The molecule has 6 nitrogen and oxygen atoms in total. The van der Waals surface area contributed by atoms with Gasteiger partial charge in [-0.15, -0.1) is 0 Å². The normalized spacial score (nSPS) is 18.5. The van der Waals surface area contributed by atoms with E-state index < -0.39 is 5.56 Å². The molecule has 0 spiro atoms. The summed E-state index contributed by atoms with van der Waals surface area (Å²) in [5, 5.41) is 0. The van der Waals surface area contributed by atoms with Crippen LogP contribution in [-0.4, -0.2) is 40.4 Å². The summed E-state index contributed by atoms with van der Waals surface area (Å²) in [6, 6.07) is 9.02. The number of amides is 1. The second kappa shape index (κ2) is 7.91. The molecule has 2 aliphatic rings. The number of Topliss-reactive ketones (excluding diaryl/α,β-unsaturated/α-hetero) is 2. The number of aromatic nitrogens is 1. The number of piperidine rings is 1. The first-order valence-corrected chi connectivity index (χ1v) is 10.8. The van der Waals surface area contributed by atoms with Gasteiger partial charge in [-0.3, -0.25) is 19.2 Å². The van der Waals surface area contributed by atoms with Crippen molar-refractivity contribution in [3.8, 4) is 0 Å². The summed E-state index contributed by atoms with van der Waals surface area (Å²) in [6.07, 6.45) is 2.12. The van der Waals surface area contributed by atoms with Gasteiger partial charge in [-0.05, 0) is 37.7 Å². The van der Waals surface area contributed by atoms with Crippen molar-refractivity contribution in [2.24, 2.45) is 11.3 Å². The number of aromatic amines is 1. The Hall–Kier alpha value is -3.02. The predicted octanol–water partition coefficient (Wildman–Crippen LogP) is 3.57. The number of carbonyl (C=O) groups is 3. The molecule has 4 rings (SSSR count). The van der Waals surface area contributed by atoms with E-state index in [1.54, 1.807) is 4.90 Å². The van der Waals surface area contributed by atoms with E-state index in [0.717, 1.165) is 5.56 Å². The second-order valence-corrected chi connectivity index (χ2v) is 9.64. The SMILES string of the molecule is Cc1ccc(C(=O)C2CCN(C(=O)c3cc4c([nH]c3=O)CC(C)(C)CC4=O)CC2)cc1. The lowest BCUT2D eigenvalue weighted by atomic mass is 9.75. The van der Waals surface area contributed by atoms with E-state index >= 15 is 0 Å². The smallest absolute Gasteiger partial charge is 0.261 e. The second-order valence-electron chi connectivity index (χ2n) is 9.64. The van der Waals surface area contributed by atoms with E-state index in [1.165, 1.54) is 6.07 Å². The van der Waals surface area contributed by atoms with Crippen molar-refractivity contribution >= 4 is 17.5 Å². The van der Waals surface area contributed by atoms with E-state index in [4.69, 9.17) is 0 Å². The van der Waals surface area contributed by atoms with Crippen LogP contribution in [0.5, 0.6) is 0 Å². The van der Waals surface area contributed by atoms with Gasteiger partial charge in [0.1, 0.15) is 5.56 Å². The van der Waals surface area contributed by atoms with Gasteiger partial charge in [0, 0.05) is 42.2 Å². The van der Waals surface area contributed by atoms with E-state index in [0.29, 0.717) is 55.6 Å². The molecule has 0 saturated carbocycles. The van der Waals surface area contributed by atoms with Crippen LogP contribution < -0.4 is 5.56 Å². The van der Waals surface area contributed by atoms with Gasteiger partial charge in [-0.1, -0.05) is 43.7 Å². The molecule has 1 amide bonds. The van der Waals surface area contributed by atoms with E-state index in [2.05, 4.69) is 4.98 Å². The average molecular weight is 421 g/mol. The van der Waals surface area contributed by atoms with Crippen LogP contribution in [0.15, 0.2) is 35.1 Å². The average Bonchev–Trinajstić information content (AvgIpc) is 2.72. The number of H-pyrrole nitrogens is 1. The summed E-state index contributed by atoms with van der Waals surface area (Å²) in [6.45, 7) is 6.80. The Morgan fingerprint density at radius 2 is 1.68 bits per heavy atom. The van der Waals surface area contributed by atoms with Gasteiger partial charge < -0.3 is 9.88 Å². The summed E-state index contributed by atoms with van der Waals surface area (Å²) in [5.74, 6) is -0.439. The number of likely N-dealkylation sites (tertiary alicyclic amines) is 1. The van der Waals surface area contributed by atoms with Gasteiger partial charge in [0.2, 0.25) is 0 Å².